The number of anilines is 2. The number of aromatic hydroxyl groups is 2. The first-order chi connectivity index (χ1) is 24.4. The van der Waals surface area contributed by atoms with Crippen LogP contribution in [0.15, 0.2) is 143 Å². The van der Waals surface area contributed by atoms with Gasteiger partial charge in [0.25, 0.3) is 0 Å². The monoisotopic (exact) mass is 667 g/mol. The summed E-state index contributed by atoms with van der Waals surface area (Å²) in [6, 6.07) is 26.3. The van der Waals surface area contributed by atoms with E-state index in [4.69, 9.17) is 11.5 Å². The van der Waals surface area contributed by atoms with E-state index in [1.54, 1.807) is 12.1 Å². The highest BCUT2D eigenvalue weighted by molar-refractivity contribution is 6.01. The van der Waals surface area contributed by atoms with Gasteiger partial charge in [-0.2, -0.15) is 0 Å². The Kier molecular flexibility index (Phi) is 9.25. The van der Waals surface area contributed by atoms with E-state index in [1.807, 2.05) is 97.6 Å². The molecule has 4 aromatic carbocycles. The summed E-state index contributed by atoms with van der Waals surface area (Å²) in [6.07, 6.45) is 14.3. The third kappa shape index (κ3) is 7.05. The van der Waals surface area contributed by atoms with Gasteiger partial charge in [0.1, 0.15) is 71.1 Å². The quantitative estimate of drug-likeness (QED) is 0.0465. The summed E-state index contributed by atoms with van der Waals surface area (Å²) in [4.78, 5) is 0. The summed E-state index contributed by atoms with van der Waals surface area (Å²) >= 11 is 0. The fraction of sp³-hybridized carbons (Fsp3) is 0.158. The number of nitrogen functional groups attached to an aromatic ring is 2. The van der Waals surface area contributed by atoms with Crippen molar-refractivity contribution in [1.29, 1.82) is 0 Å². The molecular weight excluding hydrogens is 628 g/mol. The van der Waals surface area contributed by atoms with Gasteiger partial charge in [0.2, 0.25) is 0 Å². The molecule has 1 aliphatic rings. The Morgan fingerprint density at radius 2 is 1.16 bits per heavy atom. The molecule has 0 spiro atoms. The molecule has 12 nitrogen and oxygen atoms in total. The van der Waals surface area contributed by atoms with Crippen LogP contribution in [0, 0.1) is 0 Å². The predicted octanol–water partition coefficient (Wildman–Crippen LogP) is 6.04. The van der Waals surface area contributed by atoms with Gasteiger partial charge in [0.15, 0.2) is 31.3 Å². The maximum atomic E-state index is 10.3. The van der Waals surface area contributed by atoms with Gasteiger partial charge in [0, 0.05) is 29.3 Å². The van der Waals surface area contributed by atoms with Gasteiger partial charge in [-0.15, -0.1) is 20.5 Å². The minimum atomic E-state index is -0.00445. The average Bonchev–Trinajstić information content (AvgIpc) is 3.12. The van der Waals surface area contributed by atoms with Crippen LogP contribution in [0.25, 0.3) is 21.5 Å². The van der Waals surface area contributed by atoms with Crippen molar-refractivity contribution >= 4 is 55.7 Å². The second kappa shape index (κ2) is 14.4. The highest BCUT2D eigenvalue weighted by atomic mass is 16.3. The van der Waals surface area contributed by atoms with Crippen molar-refractivity contribution < 1.29 is 24.4 Å². The molecule has 0 bridgehead atoms. The number of phenols is 2. The summed E-state index contributed by atoms with van der Waals surface area (Å²) in [5.74, 6) is -0.00855. The van der Waals surface area contributed by atoms with E-state index in [0.29, 0.717) is 22.7 Å². The molecule has 50 heavy (non-hydrogen) atoms. The van der Waals surface area contributed by atoms with Crippen LogP contribution in [0.4, 0.5) is 34.1 Å². The lowest BCUT2D eigenvalue weighted by atomic mass is 10.1. The molecular formula is C38H39N10O2+3. The highest BCUT2D eigenvalue weighted by Crippen LogP contribution is 2.40. The highest BCUT2D eigenvalue weighted by Gasteiger charge is 2.23. The van der Waals surface area contributed by atoms with E-state index in [-0.39, 0.29) is 22.9 Å². The lowest BCUT2D eigenvalue weighted by Gasteiger charge is -2.32. The Hall–Kier alpha value is -6.40. The molecule has 7 N–H and O–H groups in total. The molecule has 1 aliphatic heterocycles. The number of fused-ring (bicyclic) bond motifs is 2. The Labute approximate surface area is 289 Å². The smallest absolute Gasteiger partial charge is 0.196 e. The average molecular weight is 668 g/mol. The summed E-state index contributed by atoms with van der Waals surface area (Å²) in [7, 11) is 0. The van der Waals surface area contributed by atoms with Crippen molar-refractivity contribution in [1.82, 2.24) is 5.01 Å². The molecule has 2 aromatic heterocycles. The van der Waals surface area contributed by atoms with Crippen LogP contribution in [0.3, 0.4) is 0 Å². The number of aryl methyl sites for hydroxylation is 2. The minimum Gasteiger partial charge on any atom is -0.506 e. The Balaban J connectivity index is 0.896. The number of rotatable bonds is 12. The van der Waals surface area contributed by atoms with Gasteiger partial charge >= 0.3 is 0 Å². The van der Waals surface area contributed by atoms with E-state index in [9.17, 15) is 10.2 Å². The van der Waals surface area contributed by atoms with E-state index in [0.717, 1.165) is 60.6 Å². The first kappa shape index (κ1) is 32.2. The van der Waals surface area contributed by atoms with Crippen LogP contribution in [0.2, 0.25) is 0 Å². The van der Waals surface area contributed by atoms with Gasteiger partial charge < -0.3 is 21.7 Å². The summed E-state index contributed by atoms with van der Waals surface area (Å²) in [5, 5.41) is 45.3. The van der Waals surface area contributed by atoms with Gasteiger partial charge in [-0.3, -0.25) is 0 Å². The van der Waals surface area contributed by atoms with Crippen LogP contribution < -0.4 is 25.6 Å². The zero-order chi connectivity index (χ0) is 34.5. The number of nitrogens with one attached hydrogen (secondary N) is 1. The number of aromatic nitrogens is 2. The fourth-order valence-corrected chi connectivity index (χ4v) is 6.10. The zero-order valence-electron chi connectivity index (χ0n) is 27.5. The van der Waals surface area contributed by atoms with Gasteiger partial charge in [-0.1, -0.05) is 48.5 Å². The van der Waals surface area contributed by atoms with Crippen LogP contribution in [0.5, 0.6) is 11.5 Å². The van der Waals surface area contributed by atoms with E-state index >= 15 is 0 Å². The number of benzene rings is 4. The maximum absolute atomic E-state index is 10.3. The molecule has 0 fully saturated rings. The van der Waals surface area contributed by atoms with Crippen LogP contribution in [-0.2, 0) is 13.1 Å². The molecule has 6 aromatic rings. The molecule has 0 radical (unpaired) electrons. The number of hydrogen-bond acceptors (Lipinski definition) is 9. The second-order valence-corrected chi connectivity index (χ2v) is 12.2. The molecule has 1 unspecified atom stereocenters. The number of azo groups is 2. The number of hydrogen-bond donors (Lipinski definition) is 5. The summed E-state index contributed by atoms with van der Waals surface area (Å²) in [5.41, 5.74) is 15.1. The fourth-order valence-electron chi connectivity index (χ4n) is 6.10. The predicted molar refractivity (Wildman–Crippen MR) is 193 cm³/mol. The van der Waals surface area contributed by atoms with Crippen molar-refractivity contribution in [3.63, 3.8) is 0 Å². The number of pyridine rings is 2. The molecule has 12 heteroatoms. The molecule has 0 aliphatic carbocycles. The molecule has 250 valence electrons. The molecule has 3 heterocycles. The summed E-state index contributed by atoms with van der Waals surface area (Å²) in [6.45, 7) is 3.57. The van der Waals surface area contributed by atoms with Gasteiger partial charge in [-0.25, -0.2) is 19.2 Å². The van der Waals surface area contributed by atoms with Crippen molar-refractivity contribution in [3.05, 3.63) is 122 Å². The lowest BCUT2D eigenvalue weighted by Crippen LogP contribution is -3.17. The van der Waals surface area contributed by atoms with E-state index in [1.165, 1.54) is 5.01 Å². The van der Waals surface area contributed by atoms with Crippen LogP contribution in [0.1, 0.15) is 12.8 Å². The van der Waals surface area contributed by atoms with E-state index < -0.39 is 0 Å². The van der Waals surface area contributed by atoms with Crippen LogP contribution >= 0.6 is 0 Å². The van der Waals surface area contributed by atoms with Gasteiger partial charge in [0.05, 0.1) is 13.0 Å². The normalized spacial score (nSPS) is 14.3. The van der Waals surface area contributed by atoms with Crippen molar-refractivity contribution in [2.75, 3.05) is 24.6 Å². The molecule has 7 rings (SSSR count). The Morgan fingerprint density at radius 1 is 0.640 bits per heavy atom. The minimum absolute atomic E-state index is 0.00410. The first-order valence-electron chi connectivity index (χ1n) is 16.6. The largest absolute Gasteiger partial charge is 0.506 e. The third-order valence-corrected chi connectivity index (χ3v) is 8.77. The standard InChI is InChI=1S/C38H36N10O2/c39-35-33(49)23-27-9-1-3-13-31(27)37(35)43-41-29-11-5-15-45(25-29)17-7-19-47-21-22-48(47)20-8-18-46-16-6-12-30(26-46)42-44-38-32-14-4-2-10-28(32)24-34(50)36(38)40/h1-6,9-16,21-26H,7-8,17-20H2,(H4-2,39,40,41,42,43,44,49,50)/p+3. The van der Waals surface area contributed by atoms with Crippen LogP contribution in [-0.4, -0.2) is 28.3 Å². The maximum Gasteiger partial charge on any atom is 0.196 e. The summed E-state index contributed by atoms with van der Waals surface area (Å²) < 4.78 is 4.23. The molecule has 0 saturated carbocycles. The number of quaternary nitrogens is 1. The van der Waals surface area contributed by atoms with Crippen molar-refractivity contribution in [3.8, 4) is 11.5 Å². The second-order valence-electron chi connectivity index (χ2n) is 12.2. The first-order valence-corrected chi connectivity index (χ1v) is 16.6. The number of nitrogens with zero attached hydrogens (tertiary/aromatic N) is 7. The molecule has 0 amide bonds. The Morgan fingerprint density at radius 3 is 1.68 bits per heavy atom. The SMILES string of the molecule is Nc1c(O)cc2ccccc2c1N=Nc1ccc[n+](CCCN2C=C[NH+]2CCC[n+]2cccc(N=Nc3c(N)c(O)cc4ccccc34)c2)c1. The zero-order valence-corrected chi connectivity index (χ0v) is 27.5. The molecule has 1 atom stereocenters. The van der Waals surface area contributed by atoms with Gasteiger partial charge in [-0.05, 0) is 35.0 Å². The number of nitrogens with two attached hydrogens (primary N) is 2. The topological polar surface area (TPSA) is 157 Å². The van der Waals surface area contributed by atoms with Crippen molar-refractivity contribution in [2.24, 2.45) is 20.5 Å². The Bertz CT molecular complexity index is 2110. The lowest BCUT2D eigenvalue weighted by molar-refractivity contribution is -0.986. The van der Waals surface area contributed by atoms with E-state index in [2.05, 4.69) is 47.0 Å². The number of phenolic OH excluding ortho intramolecular Hbond substituents is 2. The molecule has 0 saturated heterocycles. The van der Waals surface area contributed by atoms with Crippen molar-refractivity contribution in [2.45, 2.75) is 25.9 Å². The third-order valence-electron chi connectivity index (χ3n) is 8.77.